The highest BCUT2D eigenvalue weighted by atomic mass is 16.5. The number of hydrogen-bond acceptors (Lipinski definition) is 4. The van der Waals surface area contributed by atoms with Crippen molar-refractivity contribution < 1.29 is 4.74 Å². The van der Waals surface area contributed by atoms with Crippen molar-refractivity contribution in [3.8, 4) is 17.1 Å². The molecule has 0 atom stereocenters. The summed E-state index contributed by atoms with van der Waals surface area (Å²) in [6.07, 6.45) is 0. The van der Waals surface area contributed by atoms with E-state index in [-0.39, 0.29) is 5.56 Å². The van der Waals surface area contributed by atoms with Crippen LogP contribution < -0.4 is 15.7 Å². The molecule has 0 bridgehead atoms. The Balaban J connectivity index is 1.74. The first-order chi connectivity index (χ1) is 14.6. The van der Waals surface area contributed by atoms with Crippen molar-refractivity contribution in [2.75, 3.05) is 12.5 Å². The van der Waals surface area contributed by atoms with Crippen molar-refractivity contribution in [2.45, 2.75) is 26.3 Å². The monoisotopic (exact) mass is 399 g/mol. The van der Waals surface area contributed by atoms with Crippen LogP contribution in [0.1, 0.15) is 30.9 Å². The van der Waals surface area contributed by atoms with Gasteiger partial charge in [-0.2, -0.15) is 0 Å². The molecule has 0 fully saturated rings. The molecule has 0 spiro atoms. The Morgan fingerprint density at radius 2 is 1.67 bits per heavy atom. The minimum atomic E-state index is -0.120. The van der Waals surface area contributed by atoms with Crippen molar-refractivity contribution in [2.24, 2.45) is 0 Å². The maximum atomic E-state index is 13.2. The highest BCUT2D eigenvalue weighted by Gasteiger charge is 2.13. The van der Waals surface area contributed by atoms with E-state index in [0.29, 0.717) is 29.2 Å². The first kappa shape index (κ1) is 19.7. The van der Waals surface area contributed by atoms with Gasteiger partial charge in [-0.25, -0.2) is 9.66 Å². The van der Waals surface area contributed by atoms with E-state index >= 15 is 0 Å². The quantitative estimate of drug-likeness (QED) is 0.499. The topological polar surface area (TPSA) is 56.1 Å². The van der Waals surface area contributed by atoms with E-state index in [1.807, 2.05) is 42.5 Å². The fourth-order valence-corrected chi connectivity index (χ4v) is 3.40. The van der Waals surface area contributed by atoms with Crippen LogP contribution >= 0.6 is 0 Å². The fraction of sp³-hybridized carbons (Fsp3) is 0.200. The molecule has 1 N–H and O–H groups in total. The number of nitrogens with one attached hydrogen (secondary N) is 1. The molecule has 0 aliphatic rings. The zero-order valence-corrected chi connectivity index (χ0v) is 17.4. The number of aromatic nitrogens is 2. The summed E-state index contributed by atoms with van der Waals surface area (Å²) in [6, 6.07) is 23.4. The van der Waals surface area contributed by atoms with Gasteiger partial charge < -0.3 is 10.2 Å². The summed E-state index contributed by atoms with van der Waals surface area (Å²) in [5.74, 6) is 1.81. The lowest BCUT2D eigenvalue weighted by molar-refractivity contribution is 0.415. The molecule has 4 rings (SSSR count). The van der Waals surface area contributed by atoms with Crippen LogP contribution in [0, 0.1) is 0 Å². The molecule has 5 heteroatoms. The molecular weight excluding hydrogens is 374 g/mol. The Hall–Kier alpha value is -3.60. The maximum Gasteiger partial charge on any atom is 0.280 e. The molecule has 0 radical (unpaired) electrons. The number of rotatable bonds is 6. The summed E-state index contributed by atoms with van der Waals surface area (Å²) in [6.45, 7) is 4.87. The third-order valence-corrected chi connectivity index (χ3v) is 5.21. The lowest BCUT2D eigenvalue weighted by Crippen LogP contribution is -2.31. The smallest absolute Gasteiger partial charge is 0.280 e. The summed E-state index contributed by atoms with van der Waals surface area (Å²) in [4.78, 5) is 18.0. The van der Waals surface area contributed by atoms with Gasteiger partial charge in [0.2, 0.25) is 0 Å². The minimum Gasteiger partial charge on any atom is -0.497 e. The van der Waals surface area contributed by atoms with E-state index in [0.717, 1.165) is 16.9 Å². The average molecular weight is 399 g/mol. The molecule has 3 aromatic carbocycles. The van der Waals surface area contributed by atoms with E-state index in [1.165, 1.54) is 5.56 Å². The molecule has 0 aliphatic carbocycles. The van der Waals surface area contributed by atoms with Gasteiger partial charge in [0.1, 0.15) is 5.75 Å². The summed E-state index contributed by atoms with van der Waals surface area (Å²) >= 11 is 0. The lowest BCUT2D eigenvalue weighted by Gasteiger charge is -2.16. The molecule has 30 heavy (non-hydrogen) atoms. The minimum absolute atomic E-state index is 0.120. The molecule has 5 nitrogen and oxygen atoms in total. The standard InChI is InChI=1S/C25H25N3O2/c1-17(2)19-10-8-18(9-11-19)16-26-28-24(20-12-14-21(30-3)15-13-20)27-23-7-5-4-6-22(23)25(28)29/h4-15,17,26H,16H2,1-3H3. The van der Waals surface area contributed by atoms with Gasteiger partial charge in [0.05, 0.1) is 24.6 Å². The first-order valence-corrected chi connectivity index (χ1v) is 10.1. The molecule has 0 saturated heterocycles. The highest BCUT2D eigenvalue weighted by molar-refractivity contribution is 5.79. The molecule has 4 aromatic rings. The summed E-state index contributed by atoms with van der Waals surface area (Å²) in [5.41, 5.74) is 7.06. The molecule has 0 unspecified atom stereocenters. The maximum absolute atomic E-state index is 13.2. The van der Waals surface area contributed by atoms with Gasteiger partial charge in [-0.3, -0.25) is 4.79 Å². The number of hydrogen-bond donors (Lipinski definition) is 1. The third-order valence-electron chi connectivity index (χ3n) is 5.21. The van der Waals surface area contributed by atoms with Crippen LogP contribution in [0.15, 0.2) is 77.6 Å². The lowest BCUT2D eigenvalue weighted by atomic mass is 10.0. The predicted octanol–water partition coefficient (Wildman–Crippen LogP) is 4.94. The third kappa shape index (κ3) is 3.92. The molecule has 1 aromatic heterocycles. The number of ether oxygens (including phenoxy) is 1. The summed E-state index contributed by atoms with van der Waals surface area (Å²) < 4.78 is 6.80. The van der Waals surface area contributed by atoms with Crippen molar-refractivity contribution >= 4 is 10.9 Å². The Bertz CT molecular complexity index is 1210. The molecule has 0 saturated carbocycles. The average Bonchev–Trinajstić information content (AvgIpc) is 2.78. The second kappa shape index (κ2) is 8.41. The summed E-state index contributed by atoms with van der Waals surface area (Å²) in [7, 11) is 1.63. The van der Waals surface area contributed by atoms with E-state index < -0.39 is 0 Å². The number of fused-ring (bicyclic) bond motifs is 1. The van der Waals surface area contributed by atoms with Crippen LogP contribution in [0.2, 0.25) is 0 Å². The Morgan fingerprint density at radius 1 is 0.967 bits per heavy atom. The Morgan fingerprint density at radius 3 is 2.33 bits per heavy atom. The van der Waals surface area contributed by atoms with Gasteiger partial charge in [0.15, 0.2) is 5.82 Å². The normalized spacial score (nSPS) is 11.1. The van der Waals surface area contributed by atoms with Gasteiger partial charge >= 0.3 is 0 Å². The molecule has 0 amide bonds. The number of nitrogens with zero attached hydrogens (tertiary/aromatic N) is 2. The van der Waals surface area contributed by atoms with Crippen molar-refractivity contribution in [1.29, 1.82) is 0 Å². The van der Waals surface area contributed by atoms with Crippen molar-refractivity contribution in [3.05, 3.63) is 94.3 Å². The van der Waals surface area contributed by atoms with Crippen molar-refractivity contribution in [3.63, 3.8) is 0 Å². The largest absolute Gasteiger partial charge is 0.497 e. The SMILES string of the molecule is COc1ccc(-c2nc3ccccc3c(=O)n2NCc2ccc(C(C)C)cc2)cc1. The molecule has 1 heterocycles. The predicted molar refractivity (Wildman–Crippen MR) is 122 cm³/mol. The van der Waals surface area contributed by atoms with Crippen molar-refractivity contribution in [1.82, 2.24) is 9.66 Å². The fourth-order valence-electron chi connectivity index (χ4n) is 3.40. The van der Waals surface area contributed by atoms with Gasteiger partial charge in [0, 0.05) is 5.56 Å². The van der Waals surface area contributed by atoms with E-state index in [1.54, 1.807) is 17.9 Å². The highest BCUT2D eigenvalue weighted by Crippen LogP contribution is 2.22. The Labute approximate surface area is 175 Å². The second-order valence-corrected chi connectivity index (χ2v) is 7.55. The number of benzene rings is 3. The molecule has 0 aliphatic heterocycles. The van der Waals surface area contributed by atoms with E-state index in [4.69, 9.17) is 9.72 Å². The zero-order chi connectivity index (χ0) is 21.1. The first-order valence-electron chi connectivity index (χ1n) is 10.1. The van der Waals surface area contributed by atoms with Gasteiger partial charge in [-0.1, -0.05) is 50.2 Å². The van der Waals surface area contributed by atoms with Gasteiger partial charge in [-0.15, -0.1) is 0 Å². The van der Waals surface area contributed by atoms with Crippen LogP contribution in [0.25, 0.3) is 22.3 Å². The summed E-state index contributed by atoms with van der Waals surface area (Å²) in [5, 5.41) is 0.581. The van der Waals surface area contributed by atoms with Crippen LogP contribution in [-0.2, 0) is 6.54 Å². The molecule has 152 valence electrons. The number of methoxy groups -OCH3 is 1. The van der Waals surface area contributed by atoms with Crippen LogP contribution in [0.3, 0.4) is 0 Å². The van der Waals surface area contributed by atoms with E-state index in [9.17, 15) is 4.79 Å². The number of para-hydroxylation sites is 1. The van der Waals surface area contributed by atoms with Crippen LogP contribution in [0.5, 0.6) is 5.75 Å². The zero-order valence-electron chi connectivity index (χ0n) is 17.4. The van der Waals surface area contributed by atoms with Crippen LogP contribution in [0.4, 0.5) is 0 Å². The molecular formula is C25H25N3O2. The Kier molecular flexibility index (Phi) is 5.53. The van der Waals surface area contributed by atoms with Gasteiger partial charge in [0.25, 0.3) is 5.56 Å². The van der Waals surface area contributed by atoms with Gasteiger partial charge in [-0.05, 0) is 53.4 Å². The second-order valence-electron chi connectivity index (χ2n) is 7.55. The van der Waals surface area contributed by atoms with E-state index in [2.05, 4.69) is 43.5 Å². The van der Waals surface area contributed by atoms with Crippen LogP contribution in [-0.4, -0.2) is 16.8 Å².